The molecule has 4 nitrogen and oxygen atoms in total. The highest BCUT2D eigenvalue weighted by Gasteiger charge is 2.41. The smallest absolute Gasteiger partial charge is 0.237 e. The number of rotatable bonds is 5. The molecule has 3 N–H and O–H groups in total. The fourth-order valence-corrected chi connectivity index (χ4v) is 3.00. The molecule has 2 heterocycles. The van der Waals surface area contributed by atoms with E-state index in [9.17, 15) is 4.79 Å². The number of hydrogen-bond donors (Lipinski definition) is 2. The van der Waals surface area contributed by atoms with Gasteiger partial charge in [0.2, 0.25) is 5.91 Å². The Balaban J connectivity index is 2.04. The highest BCUT2D eigenvalue weighted by Crippen LogP contribution is 2.27. The third-order valence-electron chi connectivity index (χ3n) is 3.57. The molecule has 18 heavy (non-hydrogen) atoms. The Morgan fingerprint density at radius 2 is 2.56 bits per heavy atom. The Morgan fingerprint density at radius 3 is 3.17 bits per heavy atom. The normalized spacial score (nSPS) is 28.2. The molecule has 0 aliphatic carbocycles. The van der Waals surface area contributed by atoms with E-state index in [0.717, 1.165) is 6.42 Å². The first-order chi connectivity index (χ1) is 8.66. The summed E-state index contributed by atoms with van der Waals surface area (Å²) in [4.78, 5) is 13.0. The second-order valence-corrected chi connectivity index (χ2v) is 5.77. The summed E-state index contributed by atoms with van der Waals surface area (Å²) in [7, 11) is 0. The molecule has 0 aromatic carbocycles. The van der Waals surface area contributed by atoms with Crippen molar-refractivity contribution in [2.24, 2.45) is 5.73 Å². The number of nitrogens with two attached hydrogens (primary N) is 1. The van der Waals surface area contributed by atoms with Gasteiger partial charge in [-0.3, -0.25) is 10.1 Å². The molecule has 0 saturated carbocycles. The average Bonchev–Trinajstić information content (AvgIpc) is 2.89. The molecule has 1 aromatic rings. The second kappa shape index (κ2) is 5.82. The van der Waals surface area contributed by atoms with Crippen molar-refractivity contribution in [2.75, 3.05) is 6.61 Å². The van der Waals surface area contributed by atoms with Crippen LogP contribution in [0.4, 0.5) is 0 Å². The molecule has 1 saturated heterocycles. The third-order valence-corrected chi connectivity index (χ3v) is 4.44. The van der Waals surface area contributed by atoms with E-state index >= 15 is 0 Å². The van der Waals surface area contributed by atoms with E-state index in [4.69, 9.17) is 10.5 Å². The van der Waals surface area contributed by atoms with Crippen LogP contribution < -0.4 is 11.1 Å². The zero-order valence-electron chi connectivity index (χ0n) is 10.6. The van der Waals surface area contributed by atoms with Crippen LogP contribution in [0.2, 0.25) is 0 Å². The highest BCUT2D eigenvalue weighted by molar-refractivity contribution is 7.09. The number of primary amides is 1. The van der Waals surface area contributed by atoms with Crippen LogP contribution in [0.15, 0.2) is 17.5 Å². The first kappa shape index (κ1) is 13.5. The van der Waals surface area contributed by atoms with Crippen LogP contribution in [0.1, 0.15) is 31.1 Å². The predicted molar refractivity (Wildman–Crippen MR) is 72.3 cm³/mol. The predicted octanol–water partition coefficient (Wildman–Crippen LogP) is 1.65. The Kier molecular flexibility index (Phi) is 4.37. The number of ether oxygens (including phenoxy) is 1. The minimum atomic E-state index is -0.608. The van der Waals surface area contributed by atoms with Crippen LogP contribution in [-0.2, 0) is 16.1 Å². The fraction of sp³-hybridized carbons (Fsp3) is 0.615. The Morgan fingerprint density at radius 1 is 1.72 bits per heavy atom. The van der Waals surface area contributed by atoms with Gasteiger partial charge in [-0.2, -0.15) is 0 Å². The molecule has 5 heteroatoms. The van der Waals surface area contributed by atoms with E-state index in [1.54, 1.807) is 11.3 Å². The largest absolute Gasteiger partial charge is 0.378 e. The number of nitrogens with one attached hydrogen (secondary N) is 1. The number of amides is 1. The van der Waals surface area contributed by atoms with Crippen LogP contribution >= 0.6 is 11.3 Å². The Hall–Kier alpha value is -0.910. The fourth-order valence-electron chi connectivity index (χ4n) is 2.35. The van der Waals surface area contributed by atoms with E-state index in [2.05, 4.69) is 18.3 Å². The van der Waals surface area contributed by atoms with Crippen molar-refractivity contribution in [1.29, 1.82) is 0 Å². The molecule has 0 spiro atoms. The van der Waals surface area contributed by atoms with E-state index in [1.807, 2.05) is 11.4 Å². The number of carbonyl (C=O) groups is 1. The van der Waals surface area contributed by atoms with Gasteiger partial charge < -0.3 is 10.5 Å². The third kappa shape index (κ3) is 2.91. The molecular weight excluding hydrogens is 248 g/mol. The second-order valence-electron chi connectivity index (χ2n) is 4.73. The van der Waals surface area contributed by atoms with Crippen molar-refractivity contribution in [3.05, 3.63) is 22.4 Å². The van der Waals surface area contributed by atoms with E-state index < -0.39 is 5.54 Å². The molecule has 1 aromatic heterocycles. The summed E-state index contributed by atoms with van der Waals surface area (Å²) in [5.74, 6) is -0.263. The van der Waals surface area contributed by atoms with Crippen LogP contribution in [0, 0.1) is 0 Å². The summed E-state index contributed by atoms with van der Waals surface area (Å²) in [6.07, 6.45) is 2.37. The monoisotopic (exact) mass is 268 g/mol. The van der Waals surface area contributed by atoms with Gasteiger partial charge in [-0.25, -0.2) is 0 Å². The summed E-state index contributed by atoms with van der Waals surface area (Å²) < 4.78 is 5.62. The van der Waals surface area contributed by atoms with E-state index in [-0.39, 0.29) is 12.0 Å². The molecule has 1 aliphatic heterocycles. The lowest BCUT2D eigenvalue weighted by molar-refractivity contribution is -0.131. The molecule has 0 bridgehead atoms. The number of thiophene rings is 1. The molecule has 2 rings (SSSR count). The maximum atomic E-state index is 11.8. The molecule has 1 amide bonds. The molecular formula is C13H20N2O2S. The Bertz CT molecular complexity index is 394. The van der Waals surface area contributed by atoms with Gasteiger partial charge in [0.25, 0.3) is 0 Å². The Labute approximate surface area is 112 Å². The first-order valence-electron chi connectivity index (χ1n) is 6.35. The van der Waals surface area contributed by atoms with Gasteiger partial charge >= 0.3 is 0 Å². The number of carbonyl (C=O) groups excluding carboxylic acids is 1. The van der Waals surface area contributed by atoms with Crippen molar-refractivity contribution < 1.29 is 9.53 Å². The van der Waals surface area contributed by atoms with Crippen LogP contribution in [0.3, 0.4) is 0 Å². The summed E-state index contributed by atoms with van der Waals surface area (Å²) >= 11 is 1.68. The summed E-state index contributed by atoms with van der Waals surface area (Å²) in [5, 5.41) is 5.39. The molecule has 100 valence electrons. The van der Waals surface area contributed by atoms with E-state index in [0.29, 0.717) is 26.0 Å². The summed E-state index contributed by atoms with van der Waals surface area (Å²) in [5.41, 5.74) is 5.00. The molecule has 2 unspecified atom stereocenters. The van der Waals surface area contributed by atoms with Gasteiger partial charge in [0.05, 0.1) is 6.10 Å². The highest BCUT2D eigenvalue weighted by atomic mass is 32.1. The molecule has 0 radical (unpaired) electrons. The van der Waals surface area contributed by atoms with Gasteiger partial charge in [-0.1, -0.05) is 13.0 Å². The lowest BCUT2D eigenvalue weighted by atomic mass is 9.85. The van der Waals surface area contributed by atoms with Crippen molar-refractivity contribution in [3.63, 3.8) is 0 Å². The van der Waals surface area contributed by atoms with Crippen LogP contribution in [0.5, 0.6) is 0 Å². The maximum Gasteiger partial charge on any atom is 0.237 e. The summed E-state index contributed by atoms with van der Waals surface area (Å²) in [6, 6.07) is 4.07. The van der Waals surface area contributed by atoms with Gasteiger partial charge in [0.1, 0.15) is 5.54 Å². The lowest BCUT2D eigenvalue weighted by Gasteiger charge is -2.39. The standard InChI is InChI=1S/C13H20N2O2S/c1-2-10-8-13(12(14)16,5-6-17-10)15-9-11-4-3-7-18-11/h3-4,7,10,15H,2,5-6,8-9H2,1H3,(H2,14,16). The zero-order chi connectivity index (χ0) is 13.0. The maximum absolute atomic E-state index is 11.8. The van der Waals surface area contributed by atoms with Crippen LogP contribution in [-0.4, -0.2) is 24.2 Å². The van der Waals surface area contributed by atoms with Gasteiger partial charge in [0, 0.05) is 24.4 Å². The van der Waals surface area contributed by atoms with Crippen LogP contribution in [0.25, 0.3) is 0 Å². The van der Waals surface area contributed by atoms with Crippen molar-refractivity contribution in [2.45, 2.75) is 44.4 Å². The topological polar surface area (TPSA) is 64.3 Å². The zero-order valence-corrected chi connectivity index (χ0v) is 11.5. The minimum absolute atomic E-state index is 0.127. The van der Waals surface area contributed by atoms with Crippen molar-refractivity contribution in [1.82, 2.24) is 5.32 Å². The molecule has 1 aliphatic rings. The number of hydrogen-bond acceptors (Lipinski definition) is 4. The lowest BCUT2D eigenvalue weighted by Crippen LogP contribution is -2.59. The first-order valence-corrected chi connectivity index (χ1v) is 7.23. The molecule has 1 fully saturated rings. The quantitative estimate of drug-likeness (QED) is 0.853. The summed E-state index contributed by atoms with van der Waals surface area (Å²) in [6.45, 7) is 3.36. The van der Waals surface area contributed by atoms with E-state index in [1.165, 1.54) is 4.88 Å². The van der Waals surface area contributed by atoms with Gasteiger partial charge in [0.15, 0.2) is 0 Å². The van der Waals surface area contributed by atoms with Crippen molar-refractivity contribution >= 4 is 17.2 Å². The average molecular weight is 268 g/mol. The SMILES string of the molecule is CCC1CC(NCc2cccs2)(C(N)=O)CCO1. The van der Waals surface area contributed by atoms with Crippen molar-refractivity contribution in [3.8, 4) is 0 Å². The van der Waals surface area contributed by atoms with Gasteiger partial charge in [-0.15, -0.1) is 11.3 Å². The minimum Gasteiger partial charge on any atom is -0.378 e. The van der Waals surface area contributed by atoms with Gasteiger partial charge in [-0.05, 0) is 24.3 Å². The molecule has 2 atom stereocenters.